The van der Waals surface area contributed by atoms with Gasteiger partial charge in [-0.15, -0.1) is 0 Å². The molecule has 0 N–H and O–H groups in total. The van der Waals surface area contributed by atoms with Gasteiger partial charge in [0.25, 0.3) is 0 Å². The molecule has 0 radical (unpaired) electrons. The number of ether oxygens (including phenoxy) is 3. The number of nitrogens with zero attached hydrogens (tertiary/aromatic N) is 1. The van der Waals surface area contributed by atoms with Crippen molar-refractivity contribution < 1.29 is 23.8 Å². The molecule has 2 heterocycles. The largest absolute Gasteiger partial charge is 0.497 e. The summed E-state index contributed by atoms with van der Waals surface area (Å²) in [7, 11) is 1.63. The van der Waals surface area contributed by atoms with Gasteiger partial charge >= 0.3 is 5.97 Å². The monoisotopic (exact) mass is 403 g/mol. The molecule has 0 atom stereocenters. The Morgan fingerprint density at radius 3 is 2.73 bits per heavy atom. The number of methoxy groups -OCH3 is 1. The van der Waals surface area contributed by atoms with Crippen LogP contribution >= 0.6 is 0 Å². The van der Waals surface area contributed by atoms with Gasteiger partial charge in [-0.2, -0.15) is 0 Å². The van der Waals surface area contributed by atoms with Gasteiger partial charge in [0.15, 0.2) is 5.76 Å². The lowest BCUT2D eigenvalue weighted by Gasteiger charge is -2.04. The molecule has 6 heteroatoms. The molecule has 1 aliphatic carbocycles. The molecule has 3 aromatic rings. The number of carbonyl (C=O) groups is 2. The van der Waals surface area contributed by atoms with E-state index in [0.717, 1.165) is 41.6 Å². The Balaban J connectivity index is 1.48. The molecular weight excluding hydrogens is 382 g/mol. The van der Waals surface area contributed by atoms with E-state index in [4.69, 9.17) is 14.2 Å². The van der Waals surface area contributed by atoms with Gasteiger partial charge in [-0.3, -0.25) is 9.59 Å². The highest BCUT2D eigenvalue weighted by molar-refractivity contribution is 6.15. The van der Waals surface area contributed by atoms with Crippen molar-refractivity contribution in [2.45, 2.75) is 26.3 Å². The average molecular weight is 403 g/mol. The zero-order valence-corrected chi connectivity index (χ0v) is 16.8. The zero-order valence-electron chi connectivity index (χ0n) is 16.8. The molecule has 5 rings (SSSR count). The topological polar surface area (TPSA) is 66.8 Å². The fraction of sp³-hybridized carbons (Fsp3) is 0.250. The maximum atomic E-state index is 12.9. The molecule has 30 heavy (non-hydrogen) atoms. The molecule has 2 aromatic carbocycles. The minimum Gasteiger partial charge on any atom is -0.497 e. The summed E-state index contributed by atoms with van der Waals surface area (Å²) in [6, 6.07) is 10.8. The van der Waals surface area contributed by atoms with Crippen LogP contribution in [0.4, 0.5) is 0 Å². The second-order valence-electron chi connectivity index (χ2n) is 7.55. The number of ketones is 1. The summed E-state index contributed by atoms with van der Waals surface area (Å²) in [4.78, 5) is 24.8. The van der Waals surface area contributed by atoms with Gasteiger partial charge in [0, 0.05) is 35.3 Å². The van der Waals surface area contributed by atoms with E-state index in [1.54, 1.807) is 31.4 Å². The molecule has 0 bridgehead atoms. The van der Waals surface area contributed by atoms with Gasteiger partial charge in [-0.1, -0.05) is 0 Å². The van der Waals surface area contributed by atoms with Gasteiger partial charge in [-0.25, -0.2) is 0 Å². The lowest BCUT2D eigenvalue weighted by Crippen LogP contribution is -2.09. The number of benzene rings is 2. The summed E-state index contributed by atoms with van der Waals surface area (Å²) in [5.74, 6) is 1.38. The highest BCUT2D eigenvalue weighted by Gasteiger charge is 2.33. The number of allylic oxidation sites excluding steroid dienone is 1. The second kappa shape index (κ2) is 7.06. The van der Waals surface area contributed by atoms with Gasteiger partial charge in [0.1, 0.15) is 17.2 Å². The molecule has 0 saturated heterocycles. The minimum atomic E-state index is -0.226. The summed E-state index contributed by atoms with van der Waals surface area (Å²) in [5.41, 5.74) is 2.40. The number of fused-ring (bicyclic) bond motifs is 2. The second-order valence-corrected chi connectivity index (χ2v) is 7.55. The predicted molar refractivity (Wildman–Crippen MR) is 112 cm³/mol. The van der Waals surface area contributed by atoms with E-state index in [9.17, 15) is 9.59 Å². The standard InChI is InChI=1S/C24H21NO5/c1-3-25-13-15(19-11-16(28-2)7-9-20(19)25)10-22-23(26)18-8-6-17(12-21(18)30-22)29-24(27)14-4-5-14/h6-14H,3-5H2,1-2H3. The van der Waals surface area contributed by atoms with Crippen LogP contribution in [0.15, 0.2) is 48.4 Å². The highest BCUT2D eigenvalue weighted by atomic mass is 16.5. The normalized spacial score (nSPS) is 16.6. The van der Waals surface area contributed by atoms with Crippen molar-refractivity contribution >= 4 is 28.7 Å². The zero-order chi connectivity index (χ0) is 20.8. The van der Waals surface area contributed by atoms with Crippen molar-refractivity contribution in [2.75, 3.05) is 7.11 Å². The summed E-state index contributed by atoms with van der Waals surface area (Å²) < 4.78 is 18.7. The van der Waals surface area contributed by atoms with Crippen molar-refractivity contribution in [2.24, 2.45) is 5.92 Å². The molecule has 2 aliphatic rings. The van der Waals surface area contributed by atoms with Gasteiger partial charge in [-0.05, 0) is 56.2 Å². The summed E-state index contributed by atoms with van der Waals surface area (Å²) in [5, 5.41) is 0.982. The third-order valence-corrected chi connectivity index (χ3v) is 5.52. The van der Waals surface area contributed by atoms with Crippen LogP contribution in [-0.2, 0) is 11.3 Å². The van der Waals surface area contributed by atoms with Crippen LogP contribution < -0.4 is 14.2 Å². The van der Waals surface area contributed by atoms with Crippen LogP contribution in [0.1, 0.15) is 35.7 Å². The Hall–Kier alpha value is -3.54. The molecule has 1 fully saturated rings. The SMILES string of the molecule is CCn1cc(C=C2Oc3cc(OC(=O)C4CC4)ccc3C2=O)c2cc(OC)ccc21. The number of carbonyl (C=O) groups excluding carboxylic acids is 2. The molecule has 0 spiro atoms. The molecule has 1 aliphatic heterocycles. The lowest BCUT2D eigenvalue weighted by molar-refractivity contribution is -0.135. The number of hydrogen-bond donors (Lipinski definition) is 0. The number of aryl methyl sites for hydroxylation is 1. The first-order valence-corrected chi connectivity index (χ1v) is 10.0. The fourth-order valence-corrected chi connectivity index (χ4v) is 3.70. The van der Waals surface area contributed by atoms with E-state index in [1.807, 2.05) is 24.4 Å². The molecule has 1 saturated carbocycles. The van der Waals surface area contributed by atoms with Crippen LogP contribution in [0.2, 0.25) is 0 Å². The van der Waals surface area contributed by atoms with Gasteiger partial charge < -0.3 is 18.8 Å². The van der Waals surface area contributed by atoms with Crippen molar-refractivity contribution in [3.05, 3.63) is 59.5 Å². The quantitative estimate of drug-likeness (QED) is 0.354. The van der Waals surface area contributed by atoms with E-state index >= 15 is 0 Å². The first-order chi connectivity index (χ1) is 14.6. The summed E-state index contributed by atoms with van der Waals surface area (Å²) >= 11 is 0. The number of hydrogen-bond acceptors (Lipinski definition) is 5. The predicted octanol–water partition coefficient (Wildman–Crippen LogP) is 4.60. The number of rotatable bonds is 5. The number of aromatic nitrogens is 1. The fourth-order valence-electron chi connectivity index (χ4n) is 3.70. The molecule has 6 nitrogen and oxygen atoms in total. The molecular formula is C24H21NO5. The van der Waals surface area contributed by atoms with Crippen molar-refractivity contribution in [3.63, 3.8) is 0 Å². The third-order valence-electron chi connectivity index (χ3n) is 5.52. The van der Waals surface area contributed by atoms with Gasteiger partial charge in [0.05, 0.1) is 18.6 Å². The van der Waals surface area contributed by atoms with Crippen molar-refractivity contribution in [1.29, 1.82) is 0 Å². The van der Waals surface area contributed by atoms with Crippen LogP contribution in [0.5, 0.6) is 17.2 Å². The summed E-state index contributed by atoms with van der Waals surface area (Å²) in [6.07, 6.45) is 5.51. The van der Waals surface area contributed by atoms with Crippen LogP contribution in [-0.4, -0.2) is 23.4 Å². The molecule has 1 aromatic heterocycles. The number of esters is 1. The Bertz CT molecular complexity index is 1220. The molecule has 0 unspecified atom stereocenters. The lowest BCUT2D eigenvalue weighted by atomic mass is 10.1. The highest BCUT2D eigenvalue weighted by Crippen LogP contribution is 2.37. The first-order valence-electron chi connectivity index (χ1n) is 10.0. The van der Waals surface area contributed by atoms with Gasteiger partial charge in [0.2, 0.25) is 5.78 Å². The van der Waals surface area contributed by atoms with Crippen LogP contribution in [0.3, 0.4) is 0 Å². The molecule has 152 valence electrons. The van der Waals surface area contributed by atoms with Crippen molar-refractivity contribution in [1.82, 2.24) is 4.57 Å². The third kappa shape index (κ3) is 3.14. The Morgan fingerprint density at radius 2 is 2.00 bits per heavy atom. The van der Waals surface area contributed by atoms with E-state index < -0.39 is 0 Å². The Kier molecular flexibility index (Phi) is 4.35. The van der Waals surface area contributed by atoms with E-state index in [1.165, 1.54) is 0 Å². The van der Waals surface area contributed by atoms with E-state index in [-0.39, 0.29) is 23.4 Å². The van der Waals surface area contributed by atoms with E-state index in [2.05, 4.69) is 11.5 Å². The van der Waals surface area contributed by atoms with Crippen LogP contribution in [0, 0.1) is 5.92 Å². The average Bonchev–Trinajstić information content (AvgIpc) is 3.50. The first kappa shape index (κ1) is 18.5. The smallest absolute Gasteiger partial charge is 0.314 e. The maximum Gasteiger partial charge on any atom is 0.314 e. The number of Topliss-reactive ketones (excluding diaryl/α,β-unsaturated/α-hetero) is 1. The Labute approximate surface area is 173 Å². The van der Waals surface area contributed by atoms with E-state index in [0.29, 0.717) is 17.1 Å². The van der Waals surface area contributed by atoms with Crippen molar-refractivity contribution in [3.8, 4) is 17.2 Å². The minimum absolute atomic E-state index is 0.00383. The maximum absolute atomic E-state index is 12.9. The van der Waals surface area contributed by atoms with Crippen LogP contribution in [0.25, 0.3) is 17.0 Å². The summed E-state index contributed by atoms with van der Waals surface area (Å²) in [6.45, 7) is 2.87. The molecule has 0 amide bonds. The Morgan fingerprint density at radius 1 is 1.20 bits per heavy atom.